The predicted octanol–water partition coefficient (Wildman–Crippen LogP) is 9.70. The van der Waals surface area contributed by atoms with E-state index in [1.54, 1.807) is 0 Å². The van der Waals surface area contributed by atoms with E-state index >= 15 is 0 Å². The molecule has 1 rings (SSSR count). The Bertz CT molecular complexity index is 1030. The molecule has 1 amide bonds. The predicted molar refractivity (Wildman–Crippen MR) is 226 cm³/mol. The SMILES string of the molecule is CCCCCCCCCCCCC(CCCCCCCCC)CC(=O)O[C@H]1[C@H](OP(=O)(O)O)[C@@H](CO)OC(O)[C@@H]1NC(=O)C[C@H](O)CCCCCCCCCCC. The highest BCUT2D eigenvalue weighted by Crippen LogP contribution is 2.42. The van der Waals surface area contributed by atoms with Crippen LogP contribution in [0.4, 0.5) is 0 Å². The maximum Gasteiger partial charge on any atom is 0.470 e. The van der Waals surface area contributed by atoms with Gasteiger partial charge in [0.1, 0.15) is 18.2 Å². The van der Waals surface area contributed by atoms with Crippen molar-refractivity contribution in [2.45, 2.75) is 257 Å². The molecule has 0 bridgehead atoms. The van der Waals surface area contributed by atoms with Gasteiger partial charge in [-0.25, -0.2) is 4.57 Å². The Morgan fingerprint density at radius 2 is 1.04 bits per heavy atom. The molecule has 338 valence electrons. The molecular formula is C44H86NO11P. The number of aliphatic hydroxyl groups is 3. The standard InChI is InChI=1S/C44H86NO11P/c1-4-7-10-13-16-18-20-22-25-28-31-36(30-27-24-21-15-12-9-6-3)33-40(49)55-43-41(44(50)54-38(35-46)42(43)56-57(51,52)53)45-39(48)34-37(47)32-29-26-23-19-17-14-11-8-5-2/h36-38,41-44,46-47,50H,4-35H2,1-3H3,(H,45,48)(H2,51,52,53)/t36?,37-,38-,41-,42-,43-,44?/m1/s1. The smallest absolute Gasteiger partial charge is 0.457 e. The normalized spacial score (nSPS) is 21.0. The van der Waals surface area contributed by atoms with Gasteiger partial charge in [0, 0.05) is 6.42 Å². The zero-order valence-corrected chi connectivity index (χ0v) is 37.2. The Balaban J connectivity index is 2.91. The first-order chi connectivity index (χ1) is 27.4. The highest BCUT2D eigenvalue weighted by atomic mass is 31.2. The molecule has 1 saturated heterocycles. The third-order valence-corrected chi connectivity index (χ3v) is 11.9. The second kappa shape index (κ2) is 34.6. The minimum atomic E-state index is -5.20. The largest absolute Gasteiger partial charge is 0.470 e. The molecule has 1 aliphatic heterocycles. The second-order valence-corrected chi connectivity index (χ2v) is 18.0. The zero-order chi connectivity index (χ0) is 42.2. The van der Waals surface area contributed by atoms with Gasteiger partial charge in [0.2, 0.25) is 5.91 Å². The van der Waals surface area contributed by atoms with Crippen molar-refractivity contribution in [1.82, 2.24) is 5.32 Å². The number of ether oxygens (including phenoxy) is 2. The lowest BCUT2D eigenvalue weighted by molar-refractivity contribution is -0.256. The molecule has 0 radical (unpaired) electrons. The van der Waals surface area contributed by atoms with E-state index in [1.807, 2.05) is 0 Å². The summed E-state index contributed by atoms with van der Waals surface area (Å²) in [6.45, 7) is 5.82. The zero-order valence-electron chi connectivity index (χ0n) is 36.3. The Hall–Kier alpha value is -1.11. The van der Waals surface area contributed by atoms with Gasteiger partial charge in [0.05, 0.1) is 19.1 Å². The Morgan fingerprint density at radius 1 is 0.632 bits per heavy atom. The highest BCUT2D eigenvalue weighted by molar-refractivity contribution is 7.46. The third kappa shape index (κ3) is 28.1. The molecule has 0 aromatic heterocycles. The van der Waals surface area contributed by atoms with Gasteiger partial charge in [-0.05, 0) is 25.2 Å². The molecule has 1 fully saturated rings. The van der Waals surface area contributed by atoms with Crippen molar-refractivity contribution >= 4 is 19.7 Å². The van der Waals surface area contributed by atoms with Crippen LogP contribution in [0.15, 0.2) is 0 Å². The molecule has 13 heteroatoms. The van der Waals surface area contributed by atoms with Gasteiger partial charge in [-0.3, -0.25) is 14.1 Å². The van der Waals surface area contributed by atoms with Crippen molar-refractivity contribution in [3.63, 3.8) is 0 Å². The fraction of sp³-hybridized carbons (Fsp3) is 0.955. The first-order valence-corrected chi connectivity index (χ1v) is 24.8. The Labute approximate surface area is 346 Å². The number of aliphatic hydroxyl groups excluding tert-OH is 3. The quantitative estimate of drug-likeness (QED) is 0.0197. The number of phosphoric ester groups is 1. The summed E-state index contributed by atoms with van der Waals surface area (Å²) in [4.78, 5) is 46.4. The van der Waals surface area contributed by atoms with Crippen molar-refractivity contribution < 1.29 is 53.3 Å². The van der Waals surface area contributed by atoms with Gasteiger partial charge in [0.25, 0.3) is 0 Å². The maximum absolute atomic E-state index is 13.7. The summed E-state index contributed by atoms with van der Waals surface area (Å²) in [5.74, 6) is -1.26. The average Bonchev–Trinajstić information content (AvgIpc) is 3.16. The summed E-state index contributed by atoms with van der Waals surface area (Å²) in [7, 11) is -5.20. The molecule has 12 nitrogen and oxygen atoms in total. The lowest BCUT2D eigenvalue weighted by Crippen LogP contribution is -2.65. The summed E-state index contributed by atoms with van der Waals surface area (Å²) in [5, 5.41) is 34.2. The summed E-state index contributed by atoms with van der Waals surface area (Å²) in [5.41, 5.74) is 0. The van der Waals surface area contributed by atoms with E-state index in [4.69, 9.17) is 14.0 Å². The highest BCUT2D eigenvalue weighted by Gasteiger charge is 2.51. The second-order valence-electron chi connectivity index (χ2n) is 16.8. The van der Waals surface area contributed by atoms with E-state index in [2.05, 4.69) is 26.1 Å². The number of amides is 1. The minimum absolute atomic E-state index is 0.0333. The fourth-order valence-corrected chi connectivity index (χ4v) is 8.57. The topological polar surface area (TPSA) is 192 Å². The van der Waals surface area contributed by atoms with Gasteiger partial charge in [-0.2, -0.15) is 0 Å². The summed E-state index contributed by atoms with van der Waals surface area (Å²) in [6.07, 6.45) is 24.7. The molecule has 57 heavy (non-hydrogen) atoms. The molecule has 0 aliphatic carbocycles. The maximum atomic E-state index is 13.7. The van der Waals surface area contributed by atoms with E-state index in [-0.39, 0.29) is 18.8 Å². The molecule has 2 unspecified atom stereocenters. The summed E-state index contributed by atoms with van der Waals surface area (Å²) in [6, 6.07) is -1.47. The molecule has 0 aromatic carbocycles. The van der Waals surface area contributed by atoms with Gasteiger partial charge in [-0.15, -0.1) is 0 Å². The van der Waals surface area contributed by atoms with Crippen molar-refractivity contribution in [2.24, 2.45) is 5.92 Å². The van der Waals surface area contributed by atoms with E-state index in [0.717, 1.165) is 77.0 Å². The van der Waals surface area contributed by atoms with Gasteiger partial charge >= 0.3 is 13.8 Å². The monoisotopic (exact) mass is 836 g/mol. The number of hydrogen-bond acceptors (Lipinski definition) is 9. The van der Waals surface area contributed by atoms with Crippen LogP contribution in [0.1, 0.15) is 220 Å². The van der Waals surface area contributed by atoms with Crippen LogP contribution in [0, 0.1) is 5.92 Å². The van der Waals surface area contributed by atoms with Crippen LogP contribution in [0.5, 0.6) is 0 Å². The number of hydrogen-bond donors (Lipinski definition) is 6. The summed E-state index contributed by atoms with van der Waals surface area (Å²) >= 11 is 0. The van der Waals surface area contributed by atoms with E-state index < -0.39 is 63.1 Å². The first-order valence-electron chi connectivity index (χ1n) is 23.3. The van der Waals surface area contributed by atoms with Gasteiger partial charge < -0.3 is 39.9 Å². The lowest BCUT2D eigenvalue weighted by Gasteiger charge is -2.43. The summed E-state index contributed by atoms with van der Waals surface area (Å²) < 4.78 is 28.4. The lowest BCUT2D eigenvalue weighted by atomic mass is 9.91. The van der Waals surface area contributed by atoms with Crippen LogP contribution < -0.4 is 5.32 Å². The van der Waals surface area contributed by atoms with Crippen LogP contribution in [-0.4, -0.2) is 80.3 Å². The number of unbranched alkanes of at least 4 members (excludes halogenated alkanes) is 23. The first kappa shape index (κ1) is 53.9. The molecule has 1 heterocycles. The van der Waals surface area contributed by atoms with Crippen LogP contribution in [0.25, 0.3) is 0 Å². The number of rotatable bonds is 38. The number of esters is 1. The van der Waals surface area contributed by atoms with Crippen molar-refractivity contribution in [2.75, 3.05) is 6.61 Å². The molecule has 6 N–H and O–H groups in total. The molecule has 1 aliphatic rings. The van der Waals surface area contributed by atoms with Crippen molar-refractivity contribution in [3.05, 3.63) is 0 Å². The number of nitrogens with one attached hydrogen (secondary N) is 1. The Morgan fingerprint density at radius 3 is 1.44 bits per heavy atom. The number of carbonyl (C=O) groups is 2. The van der Waals surface area contributed by atoms with Crippen LogP contribution in [0.2, 0.25) is 0 Å². The minimum Gasteiger partial charge on any atom is -0.457 e. The van der Waals surface area contributed by atoms with Gasteiger partial charge in [-0.1, -0.05) is 188 Å². The average molecular weight is 836 g/mol. The van der Waals surface area contributed by atoms with Crippen molar-refractivity contribution in [3.8, 4) is 0 Å². The molecule has 0 saturated carbocycles. The molecular weight excluding hydrogens is 749 g/mol. The molecule has 7 atom stereocenters. The molecule has 0 spiro atoms. The van der Waals surface area contributed by atoms with E-state index in [9.17, 15) is 39.3 Å². The Kier molecular flexibility index (Phi) is 32.7. The number of phosphoric acid groups is 1. The van der Waals surface area contributed by atoms with Crippen LogP contribution in [-0.2, 0) is 28.2 Å². The van der Waals surface area contributed by atoms with Crippen LogP contribution in [0.3, 0.4) is 0 Å². The number of carbonyl (C=O) groups excluding carboxylic acids is 2. The fourth-order valence-electron chi connectivity index (χ4n) is 7.99. The molecule has 0 aromatic rings. The van der Waals surface area contributed by atoms with E-state index in [1.165, 1.54) is 103 Å². The van der Waals surface area contributed by atoms with E-state index in [0.29, 0.717) is 6.42 Å². The van der Waals surface area contributed by atoms with Crippen LogP contribution >= 0.6 is 7.82 Å². The van der Waals surface area contributed by atoms with Gasteiger partial charge in [0.15, 0.2) is 12.4 Å². The van der Waals surface area contributed by atoms with Crippen molar-refractivity contribution in [1.29, 1.82) is 0 Å². The third-order valence-electron chi connectivity index (χ3n) is 11.4.